The van der Waals surface area contributed by atoms with E-state index < -0.39 is 0 Å². The number of ether oxygens (including phenoxy) is 2. The highest BCUT2D eigenvalue weighted by molar-refractivity contribution is 5.45. The average molecular weight is 282 g/mol. The molecule has 0 radical (unpaired) electrons. The number of fused-ring (bicyclic) bond motifs is 1. The Morgan fingerprint density at radius 3 is 2.67 bits per heavy atom. The Morgan fingerprint density at radius 2 is 1.90 bits per heavy atom. The smallest absolute Gasteiger partial charge is 0.122 e. The summed E-state index contributed by atoms with van der Waals surface area (Å²) < 4.78 is 11.5. The quantitative estimate of drug-likeness (QED) is 0.841. The molecule has 1 aliphatic carbocycles. The Balaban J connectivity index is 1.66. The van der Waals surface area contributed by atoms with Gasteiger partial charge < -0.3 is 9.47 Å². The normalized spacial score (nSPS) is 17.3. The Kier molecular flexibility index (Phi) is 4.26. The van der Waals surface area contributed by atoms with Crippen LogP contribution in [0, 0.1) is 6.92 Å². The van der Waals surface area contributed by atoms with Crippen LogP contribution in [-0.2, 0) is 24.2 Å². The molecule has 3 rings (SSSR count). The Labute approximate surface area is 126 Å². The Hall–Kier alpha value is -1.80. The fourth-order valence-corrected chi connectivity index (χ4v) is 3.14. The first-order chi connectivity index (χ1) is 10.3. The lowest BCUT2D eigenvalue weighted by Crippen LogP contribution is -2.23. The van der Waals surface area contributed by atoms with Crippen LogP contribution in [0.5, 0.6) is 5.75 Å². The van der Waals surface area contributed by atoms with Crippen LogP contribution in [0.4, 0.5) is 0 Å². The van der Waals surface area contributed by atoms with Gasteiger partial charge in [-0.1, -0.05) is 36.4 Å². The van der Waals surface area contributed by atoms with Gasteiger partial charge >= 0.3 is 0 Å². The molecule has 0 heterocycles. The lowest BCUT2D eigenvalue weighted by atomic mass is 9.86. The number of benzene rings is 2. The molecule has 2 heteroatoms. The first-order valence-corrected chi connectivity index (χ1v) is 7.59. The third-order valence-corrected chi connectivity index (χ3v) is 4.36. The molecular weight excluding hydrogens is 260 g/mol. The molecule has 0 fully saturated rings. The maximum Gasteiger partial charge on any atom is 0.122 e. The lowest BCUT2D eigenvalue weighted by molar-refractivity contribution is 0.0318. The summed E-state index contributed by atoms with van der Waals surface area (Å²) in [7, 11) is 1.74. The van der Waals surface area contributed by atoms with Gasteiger partial charge in [-0.15, -0.1) is 0 Å². The van der Waals surface area contributed by atoms with Crippen molar-refractivity contribution in [2.75, 3.05) is 7.11 Å². The second-order valence-corrected chi connectivity index (χ2v) is 5.69. The lowest BCUT2D eigenvalue weighted by Gasteiger charge is -2.27. The fraction of sp³-hybridized carbons (Fsp3) is 0.368. The van der Waals surface area contributed by atoms with Gasteiger partial charge in [0.25, 0.3) is 0 Å². The first-order valence-electron chi connectivity index (χ1n) is 7.59. The van der Waals surface area contributed by atoms with E-state index in [1.807, 2.05) is 6.07 Å². The zero-order valence-electron chi connectivity index (χ0n) is 12.8. The van der Waals surface area contributed by atoms with Crippen LogP contribution in [0.3, 0.4) is 0 Å². The van der Waals surface area contributed by atoms with Gasteiger partial charge in [0.2, 0.25) is 0 Å². The van der Waals surface area contributed by atoms with Crippen molar-refractivity contribution in [1.29, 1.82) is 0 Å². The summed E-state index contributed by atoms with van der Waals surface area (Å²) in [4.78, 5) is 0. The minimum absolute atomic E-state index is 0.325. The van der Waals surface area contributed by atoms with Crippen molar-refractivity contribution >= 4 is 0 Å². The number of methoxy groups -OCH3 is 1. The van der Waals surface area contributed by atoms with Crippen LogP contribution in [0.15, 0.2) is 42.5 Å². The molecule has 1 unspecified atom stereocenters. The predicted octanol–water partition coefficient (Wildman–Crippen LogP) is 4.08. The van der Waals surface area contributed by atoms with Crippen molar-refractivity contribution in [2.24, 2.45) is 0 Å². The summed E-state index contributed by atoms with van der Waals surface area (Å²) in [6.45, 7) is 2.86. The molecule has 0 aliphatic heterocycles. The van der Waals surface area contributed by atoms with Gasteiger partial charge in [-0.2, -0.15) is 0 Å². The van der Waals surface area contributed by atoms with E-state index in [9.17, 15) is 0 Å². The third kappa shape index (κ3) is 3.11. The van der Waals surface area contributed by atoms with Crippen LogP contribution in [-0.4, -0.2) is 13.2 Å². The second kappa shape index (κ2) is 6.31. The highest BCUT2D eigenvalue weighted by atomic mass is 16.5. The summed E-state index contributed by atoms with van der Waals surface area (Å²) in [5.74, 6) is 0.998. The van der Waals surface area contributed by atoms with E-state index in [1.165, 1.54) is 22.3 Å². The average Bonchev–Trinajstić information content (AvgIpc) is 2.54. The molecule has 2 aromatic rings. The molecular formula is C19H22O2. The van der Waals surface area contributed by atoms with Crippen molar-refractivity contribution in [2.45, 2.75) is 38.9 Å². The summed E-state index contributed by atoms with van der Waals surface area (Å²) in [6.07, 6.45) is 3.50. The van der Waals surface area contributed by atoms with E-state index in [4.69, 9.17) is 9.47 Å². The van der Waals surface area contributed by atoms with E-state index in [2.05, 4.69) is 43.3 Å². The second-order valence-electron chi connectivity index (χ2n) is 5.69. The van der Waals surface area contributed by atoms with Gasteiger partial charge in [0.1, 0.15) is 5.75 Å². The zero-order chi connectivity index (χ0) is 14.7. The van der Waals surface area contributed by atoms with Crippen LogP contribution in [0.25, 0.3) is 0 Å². The van der Waals surface area contributed by atoms with E-state index in [1.54, 1.807) is 7.11 Å². The summed E-state index contributed by atoms with van der Waals surface area (Å²) in [6, 6.07) is 14.7. The van der Waals surface area contributed by atoms with E-state index in [0.29, 0.717) is 12.7 Å². The van der Waals surface area contributed by atoms with Crippen LogP contribution < -0.4 is 4.74 Å². The molecule has 0 spiro atoms. The highest BCUT2D eigenvalue weighted by Crippen LogP contribution is 2.31. The summed E-state index contributed by atoms with van der Waals surface area (Å²) in [5.41, 5.74) is 5.40. The van der Waals surface area contributed by atoms with Crippen LogP contribution >= 0.6 is 0 Å². The Morgan fingerprint density at radius 1 is 1.10 bits per heavy atom. The SMILES string of the molecule is COc1ccc2c(c1C)CCC(OCc1ccccc1)C2. The van der Waals surface area contributed by atoms with Gasteiger partial charge in [-0.25, -0.2) is 0 Å². The molecule has 0 aromatic heterocycles. The molecule has 1 aliphatic rings. The molecule has 21 heavy (non-hydrogen) atoms. The number of rotatable bonds is 4. The van der Waals surface area contributed by atoms with Gasteiger partial charge in [0, 0.05) is 0 Å². The minimum atomic E-state index is 0.325. The molecule has 2 aromatic carbocycles. The van der Waals surface area contributed by atoms with Crippen molar-refractivity contribution in [3.63, 3.8) is 0 Å². The van der Waals surface area contributed by atoms with E-state index in [0.717, 1.165) is 25.0 Å². The maximum atomic E-state index is 6.09. The third-order valence-electron chi connectivity index (χ3n) is 4.36. The fourth-order valence-electron chi connectivity index (χ4n) is 3.14. The topological polar surface area (TPSA) is 18.5 Å². The van der Waals surface area contributed by atoms with E-state index in [-0.39, 0.29) is 0 Å². The van der Waals surface area contributed by atoms with Crippen LogP contribution in [0.2, 0.25) is 0 Å². The molecule has 0 amide bonds. The number of hydrogen-bond acceptors (Lipinski definition) is 2. The van der Waals surface area contributed by atoms with Gasteiger partial charge in [0.15, 0.2) is 0 Å². The van der Waals surface area contributed by atoms with E-state index >= 15 is 0 Å². The molecule has 2 nitrogen and oxygen atoms in total. The van der Waals surface area contributed by atoms with Gasteiger partial charge in [0.05, 0.1) is 19.8 Å². The Bertz CT molecular complexity index is 604. The largest absolute Gasteiger partial charge is 0.496 e. The van der Waals surface area contributed by atoms with Crippen molar-refractivity contribution in [1.82, 2.24) is 0 Å². The highest BCUT2D eigenvalue weighted by Gasteiger charge is 2.21. The zero-order valence-corrected chi connectivity index (χ0v) is 12.8. The molecule has 110 valence electrons. The number of hydrogen-bond donors (Lipinski definition) is 0. The predicted molar refractivity (Wildman–Crippen MR) is 84.8 cm³/mol. The maximum absolute atomic E-state index is 6.09. The molecule has 0 bridgehead atoms. The molecule has 0 saturated heterocycles. The molecule has 0 N–H and O–H groups in total. The monoisotopic (exact) mass is 282 g/mol. The standard InChI is InChI=1S/C19H22O2/c1-14-18-10-9-17(12-16(18)8-11-19(14)20-2)21-13-15-6-4-3-5-7-15/h3-8,11,17H,9-10,12-13H2,1-2H3. The van der Waals surface area contributed by atoms with Crippen molar-refractivity contribution in [3.05, 3.63) is 64.7 Å². The minimum Gasteiger partial charge on any atom is -0.496 e. The molecule has 1 atom stereocenters. The summed E-state index contributed by atoms with van der Waals surface area (Å²) in [5, 5.41) is 0. The van der Waals surface area contributed by atoms with Crippen molar-refractivity contribution in [3.8, 4) is 5.75 Å². The van der Waals surface area contributed by atoms with Crippen molar-refractivity contribution < 1.29 is 9.47 Å². The first kappa shape index (κ1) is 14.2. The molecule has 0 saturated carbocycles. The van der Waals surface area contributed by atoms with Gasteiger partial charge in [-0.05, 0) is 54.5 Å². The summed E-state index contributed by atoms with van der Waals surface area (Å²) >= 11 is 0. The van der Waals surface area contributed by atoms with Gasteiger partial charge in [-0.3, -0.25) is 0 Å². The van der Waals surface area contributed by atoms with Crippen LogP contribution in [0.1, 0.15) is 28.7 Å².